The van der Waals surface area contributed by atoms with Crippen molar-refractivity contribution in [2.45, 2.75) is 5.88 Å². The number of hydrogen-bond acceptors (Lipinski definition) is 1. The van der Waals surface area contributed by atoms with Gasteiger partial charge in [0.2, 0.25) is 0 Å². The highest BCUT2D eigenvalue weighted by Crippen LogP contribution is 2.29. The molecule has 0 fully saturated rings. The first kappa shape index (κ1) is 14.4. The monoisotopic (exact) mass is 374 g/mol. The van der Waals surface area contributed by atoms with Crippen molar-refractivity contribution in [3.8, 4) is 5.69 Å². The van der Waals surface area contributed by atoms with Gasteiger partial charge >= 0.3 is 0 Å². The Morgan fingerprint density at radius 2 is 1.76 bits per heavy atom. The zero-order valence-electron chi connectivity index (χ0n) is 10.4. The van der Waals surface area contributed by atoms with Crippen molar-refractivity contribution in [3.63, 3.8) is 0 Å². The van der Waals surface area contributed by atoms with Crippen LogP contribution in [-0.2, 0) is 5.88 Å². The van der Waals surface area contributed by atoms with E-state index in [-0.39, 0.29) is 27.4 Å². The molecule has 0 aliphatic carbocycles. The smallest absolute Gasteiger partial charge is 0.151 e. The molecule has 108 valence electrons. The highest BCUT2D eigenvalue weighted by molar-refractivity contribution is 9.10. The second-order valence-electron chi connectivity index (χ2n) is 4.35. The van der Waals surface area contributed by atoms with E-state index in [1.807, 2.05) is 0 Å². The van der Waals surface area contributed by atoms with E-state index in [0.717, 1.165) is 12.1 Å². The zero-order chi connectivity index (χ0) is 15.1. The van der Waals surface area contributed by atoms with E-state index in [4.69, 9.17) is 11.6 Å². The zero-order valence-corrected chi connectivity index (χ0v) is 12.7. The third-order valence-corrected chi connectivity index (χ3v) is 3.71. The van der Waals surface area contributed by atoms with Gasteiger partial charge in [0.25, 0.3) is 0 Å². The molecule has 3 aromatic rings. The summed E-state index contributed by atoms with van der Waals surface area (Å²) in [5, 5.41) is 0. The van der Waals surface area contributed by atoms with Gasteiger partial charge in [-0.25, -0.2) is 18.2 Å². The molecule has 0 atom stereocenters. The fraction of sp³-hybridized carbons (Fsp3) is 0.0714. The lowest BCUT2D eigenvalue weighted by Gasteiger charge is -2.10. The predicted octanol–water partition coefficient (Wildman–Crippen LogP) is 4.94. The number of benzene rings is 2. The molecule has 2 nitrogen and oxygen atoms in total. The SMILES string of the molecule is Fc1ccc2nc(CCl)n(-c3c(F)cc(Br)cc3F)c2c1. The summed E-state index contributed by atoms with van der Waals surface area (Å²) in [5.74, 6) is -1.95. The molecule has 21 heavy (non-hydrogen) atoms. The molecule has 0 aliphatic heterocycles. The summed E-state index contributed by atoms with van der Waals surface area (Å²) < 4.78 is 43.2. The number of imidazole rings is 1. The summed E-state index contributed by atoms with van der Waals surface area (Å²) in [6.07, 6.45) is 0. The van der Waals surface area contributed by atoms with Crippen LogP contribution in [0.1, 0.15) is 5.82 Å². The van der Waals surface area contributed by atoms with Gasteiger partial charge in [-0.3, -0.25) is 4.57 Å². The lowest BCUT2D eigenvalue weighted by atomic mass is 10.2. The van der Waals surface area contributed by atoms with Crippen LogP contribution in [-0.4, -0.2) is 9.55 Å². The summed E-state index contributed by atoms with van der Waals surface area (Å²) in [4.78, 5) is 4.17. The summed E-state index contributed by atoms with van der Waals surface area (Å²) in [6.45, 7) is 0. The number of nitrogens with zero attached hydrogens (tertiary/aromatic N) is 2. The molecule has 1 aromatic heterocycles. The van der Waals surface area contributed by atoms with Gasteiger partial charge in [0.05, 0.1) is 16.9 Å². The Bertz CT molecular complexity index is 825. The third-order valence-electron chi connectivity index (χ3n) is 3.01. The normalized spacial score (nSPS) is 11.3. The first-order valence-corrected chi connectivity index (χ1v) is 7.22. The van der Waals surface area contributed by atoms with Crippen LogP contribution in [0, 0.1) is 17.5 Å². The minimum atomic E-state index is -0.795. The topological polar surface area (TPSA) is 17.8 Å². The largest absolute Gasteiger partial charge is 0.290 e. The molecule has 0 spiro atoms. The second-order valence-corrected chi connectivity index (χ2v) is 5.53. The van der Waals surface area contributed by atoms with Gasteiger partial charge in [-0.05, 0) is 24.3 Å². The van der Waals surface area contributed by atoms with Gasteiger partial charge in [0, 0.05) is 10.5 Å². The molecule has 0 radical (unpaired) electrons. The maximum atomic E-state index is 14.2. The molecule has 0 unspecified atom stereocenters. The van der Waals surface area contributed by atoms with Crippen LogP contribution in [0.5, 0.6) is 0 Å². The fourth-order valence-corrected chi connectivity index (χ4v) is 2.77. The molecule has 1 heterocycles. The van der Waals surface area contributed by atoms with E-state index in [0.29, 0.717) is 5.52 Å². The highest BCUT2D eigenvalue weighted by Gasteiger charge is 2.19. The minimum absolute atomic E-state index is 0.0642. The van der Waals surface area contributed by atoms with Crippen LogP contribution in [0.4, 0.5) is 13.2 Å². The van der Waals surface area contributed by atoms with E-state index in [1.54, 1.807) is 0 Å². The Hall–Kier alpha value is -1.53. The molecular weight excluding hydrogens is 369 g/mol. The van der Waals surface area contributed by atoms with E-state index < -0.39 is 17.5 Å². The Balaban J connectivity index is 2.41. The fourth-order valence-electron chi connectivity index (χ4n) is 2.19. The number of rotatable bonds is 2. The van der Waals surface area contributed by atoms with Crippen molar-refractivity contribution in [2.75, 3.05) is 0 Å². The predicted molar refractivity (Wildman–Crippen MR) is 78.2 cm³/mol. The molecular formula is C14H7BrClF3N2. The van der Waals surface area contributed by atoms with Crippen LogP contribution in [0.15, 0.2) is 34.8 Å². The van der Waals surface area contributed by atoms with E-state index >= 15 is 0 Å². The van der Waals surface area contributed by atoms with Crippen LogP contribution < -0.4 is 0 Å². The number of halogens is 5. The first-order chi connectivity index (χ1) is 10.0. The van der Waals surface area contributed by atoms with Crippen LogP contribution in [0.25, 0.3) is 16.7 Å². The van der Waals surface area contributed by atoms with Gasteiger partial charge in [0.15, 0.2) is 11.6 Å². The van der Waals surface area contributed by atoms with Gasteiger partial charge in [0.1, 0.15) is 17.3 Å². The number of aromatic nitrogens is 2. The molecule has 7 heteroatoms. The van der Waals surface area contributed by atoms with Crippen LogP contribution in [0.3, 0.4) is 0 Å². The summed E-state index contributed by atoms with van der Waals surface area (Å²) in [6, 6.07) is 6.08. The first-order valence-electron chi connectivity index (χ1n) is 5.89. The second kappa shape index (κ2) is 5.35. The third kappa shape index (κ3) is 2.42. The lowest BCUT2D eigenvalue weighted by molar-refractivity contribution is 0.567. The molecule has 0 saturated carbocycles. The summed E-state index contributed by atoms with van der Waals surface area (Å²) in [7, 11) is 0. The van der Waals surface area contributed by atoms with Crippen molar-refractivity contribution in [1.29, 1.82) is 0 Å². The molecule has 3 rings (SSSR count). The van der Waals surface area contributed by atoms with Crippen molar-refractivity contribution >= 4 is 38.6 Å². The average molecular weight is 376 g/mol. The molecule has 0 amide bonds. The van der Waals surface area contributed by atoms with Crippen molar-refractivity contribution in [3.05, 3.63) is 58.1 Å². The minimum Gasteiger partial charge on any atom is -0.290 e. The molecule has 2 aromatic carbocycles. The average Bonchev–Trinajstić information content (AvgIpc) is 2.76. The Labute approximate surface area is 131 Å². The van der Waals surface area contributed by atoms with Gasteiger partial charge < -0.3 is 0 Å². The maximum absolute atomic E-state index is 14.2. The Morgan fingerprint density at radius 3 is 2.38 bits per heavy atom. The van der Waals surface area contributed by atoms with Gasteiger partial charge in [-0.1, -0.05) is 15.9 Å². The molecule has 0 N–H and O–H groups in total. The molecule has 0 aliphatic rings. The van der Waals surface area contributed by atoms with Crippen LogP contribution >= 0.6 is 27.5 Å². The molecule has 0 saturated heterocycles. The standard InChI is InChI=1S/C14H7BrClF3N2/c15-7-3-9(18)14(10(19)4-7)21-12-5-8(17)1-2-11(12)20-13(21)6-16/h1-5H,6H2. The Kier molecular flexibility index (Phi) is 3.67. The summed E-state index contributed by atoms with van der Waals surface area (Å²) in [5.41, 5.74) is 0.335. The van der Waals surface area contributed by atoms with Crippen molar-refractivity contribution in [2.24, 2.45) is 0 Å². The number of fused-ring (bicyclic) bond motifs is 1. The van der Waals surface area contributed by atoms with Gasteiger partial charge in [-0.2, -0.15) is 0 Å². The molecule has 0 bridgehead atoms. The highest BCUT2D eigenvalue weighted by atomic mass is 79.9. The Morgan fingerprint density at radius 1 is 1.10 bits per heavy atom. The van der Waals surface area contributed by atoms with Gasteiger partial charge in [-0.15, -0.1) is 11.6 Å². The number of hydrogen-bond donors (Lipinski definition) is 0. The van der Waals surface area contributed by atoms with Crippen molar-refractivity contribution in [1.82, 2.24) is 9.55 Å². The summed E-state index contributed by atoms with van der Waals surface area (Å²) >= 11 is 8.81. The maximum Gasteiger partial charge on any atom is 0.151 e. The van der Waals surface area contributed by atoms with Crippen molar-refractivity contribution < 1.29 is 13.2 Å². The lowest BCUT2D eigenvalue weighted by Crippen LogP contribution is -2.05. The van der Waals surface area contributed by atoms with E-state index in [1.165, 1.54) is 22.8 Å². The van der Waals surface area contributed by atoms with E-state index in [9.17, 15) is 13.2 Å². The quantitative estimate of drug-likeness (QED) is 0.580. The van der Waals surface area contributed by atoms with Crippen LogP contribution in [0.2, 0.25) is 0 Å². The van der Waals surface area contributed by atoms with E-state index in [2.05, 4.69) is 20.9 Å². The number of alkyl halides is 1.